The number of carbonyl (C=O) groups excluding carboxylic acids is 1. The van der Waals surface area contributed by atoms with Crippen LogP contribution >= 0.6 is 0 Å². The van der Waals surface area contributed by atoms with Crippen LogP contribution in [0.3, 0.4) is 0 Å². The van der Waals surface area contributed by atoms with Crippen molar-refractivity contribution in [1.82, 2.24) is 3.95 Å². The Bertz CT molecular complexity index is 71.2. The third kappa shape index (κ3) is 2.13. The van der Waals surface area contributed by atoms with Crippen LogP contribution in [0.1, 0.15) is 0 Å². The second-order valence-corrected chi connectivity index (χ2v) is 1.34. The molecule has 0 aromatic carbocycles. The first-order chi connectivity index (χ1) is 2.81. The van der Waals surface area contributed by atoms with E-state index in [-0.39, 0.29) is 5.91 Å². The summed E-state index contributed by atoms with van der Waals surface area (Å²) >= 11 is 1.22. The molecule has 0 fully saturated rings. The molecule has 0 atom stereocenters. The van der Waals surface area contributed by atoms with Crippen molar-refractivity contribution in [3.05, 3.63) is 12.7 Å². The third-order valence-electron chi connectivity index (χ3n) is 0.279. The summed E-state index contributed by atoms with van der Waals surface area (Å²) in [6, 6.07) is 0. The first kappa shape index (κ1) is 5.87. The van der Waals surface area contributed by atoms with Gasteiger partial charge in [-0.25, -0.2) is 0 Å². The molecule has 0 unspecified atom stereocenters. The summed E-state index contributed by atoms with van der Waals surface area (Å²) in [5, 5.41) is 0. The van der Waals surface area contributed by atoms with Gasteiger partial charge >= 0.3 is 46.8 Å². The van der Waals surface area contributed by atoms with Crippen molar-refractivity contribution in [2.45, 2.75) is 0 Å². The van der Waals surface area contributed by atoms with Gasteiger partial charge < -0.3 is 0 Å². The van der Waals surface area contributed by atoms with Crippen LogP contribution in [0.5, 0.6) is 0 Å². The fourth-order valence-corrected chi connectivity index (χ4v) is 0.316. The van der Waals surface area contributed by atoms with Crippen molar-refractivity contribution >= 4 is 5.91 Å². The average Bonchev–Trinajstić information content (AvgIpc) is 1.65. The van der Waals surface area contributed by atoms with E-state index < -0.39 is 0 Å². The second kappa shape index (κ2) is 3.08. The van der Waals surface area contributed by atoms with Crippen LogP contribution in [-0.4, -0.2) is 5.91 Å². The van der Waals surface area contributed by atoms with E-state index in [1.807, 2.05) is 0 Å². The molecular formula is C3H4NORe. The van der Waals surface area contributed by atoms with Crippen LogP contribution in [-0.2, 0) is 24.2 Å². The van der Waals surface area contributed by atoms with E-state index >= 15 is 0 Å². The molecule has 0 aliphatic heterocycles. The van der Waals surface area contributed by atoms with Crippen molar-refractivity contribution in [1.29, 1.82) is 0 Å². The molecule has 0 saturated carbocycles. The van der Waals surface area contributed by atoms with Gasteiger partial charge in [-0.15, -0.1) is 0 Å². The molecule has 0 radical (unpaired) electrons. The molecule has 1 amide bonds. The standard InChI is InChI=1S/C3H5NO.Re/c1-2-3(4)5;/h2H,1H2,(H2,4,5);/q;+1/p-1. The molecule has 0 spiro atoms. The minimum atomic E-state index is -0.119. The molecule has 0 bridgehead atoms. The predicted octanol–water partition coefficient (Wildman–Crippen LogP) is -0.250. The Morgan fingerprint density at radius 2 is 2.50 bits per heavy atom. The molecule has 0 aliphatic carbocycles. The van der Waals surface area contributed by atoms with Gasteiger partial charge in [-0.2, -0.15) is 0 Å². The number of hydrogen-bond donors (Lipinski definition) is 1. The van der Waals surface area contributed by atoms with E-state index in [0.717, 1.165) is 0 Å². The first-order valence-corrected chi connectivity index (χ1v) is 2.70. The summed E-state index contributed by atoms with van der Waals surface area (Å²) in [5.74, 6) is -0.119. The van der Waals surface area contributed by atoms with Gasteiger partial charge in [-0.05, 0) is 0 Å². The second-order valence-electron chi connectivity index (χ2n) is 0.663. The maximum atomic E-state index is 9.97. The topological polar surface area (TPSA) is 29.1 Å². The molecule has 1 N–H and O–H groups in total. The summed E-state index contributed by atoms with van der Waals surface area (Å²) in [6.07, 6.45) is 1.24. The Balaban J connectivity index is 3.23. The molecule has 2 nitrogen and oxygen atoms in total. The molecular weight excluding hydrogens is 252 g/mol. The Morgan fingerprint density at radius 1 is 2.00 bits per heavy atom. The van der Waals surface area contributed by atoms with Gasteiger partial charge in [0.25, 0.3) is 0 Å². The van der Waals surface area contributed by atoms with Gasteiger partial charge in [-0.1, -0.05) is 0 Å². The summed E-state index contributed by atoms with van der Waals surface area (Å²) in [6.45, 7) is 3.23. The van der Waals surface area contributed by atoms with E-state index in [9.17, 15) is 4.79 Å². The van der Waals surface area contributed by atoms with Crippen LogP contribution in [0.4, 0.5) is 0 Å². The van der Waals surface area contributed by atoms with E-state index in [2.05, 4.69) is 10.5 Å². The number of hydrogen-bond acceptors (Lipinski definition) is 1. The Hall–Kier alpha value is -0.128. The van der Waals surface area contributed by atoms with Gasteiger partial charge in [0, 0.05) is 0 Å². The van der Waals surface area contributed by atoms with Crippen LogP contribution < -0.4 is 3.95 Å². The normalized spacial score (nSPS) is 6.83. The zero-order chi connectivity index (χ0) is 4.99. The summed E-state index contributed by atoms with van der Waals surface area (Å²) in [5.41, 5.74) is 0. The van der Waals surface area contributed by atoms with E-state index in [1.165, 1.54) is 25.5 Å². The molecule has 34 valence electrons. The quantitative estimate of drug-likeness (QED) is 0.644. The first-order valence-electron chi connectivity index (χ1n) is 1.34. The van der Waals surface area contributed by atoms with Crippen LogP contribution in [0, 0.1) is 0 Å². The number of amides is 1. The van der Waals surface area contributed by atoms with E-state index in [4.69, 9.17) is 0 Å². The molecule has 0 rings (SSSR count). The zero-order valence-electron chi connectivity index (χ0n) is 3.07. The van der Waals surface area contributed by atoms with Crippen LogP contribution in [0.25, 0.3) is 0 Å². The molecule has 0 saturated heterocycles. The Labute approximate surface area is 47.3 Å². The maximum absolute atomic E-state index is 9.97. The molecule has 0 aliphatic rings. The fraction of sp³-hybridized carbons (Fsp3) is 0. The van der Waals surface area contributed by atoms with Gasteiger partial charge in [0.2, 0.25) is 0 Å². The Kier molecular flexibility index (Phi) is 3.01. The SMILES string of the molecule is C=CC(=O)[NH][Re]. The number of carbonyl (C=O) groups is 1. The molecule has 6 heavy (non-hydrogen) atoms. The van der Waals surface area contributed by atoms with Crippen molar-refractivity contribution in [2.24, 2.45) is 0 Å². The van der Waals surface area contributed by atoms with E-state index in [0.29, 0.717) is 0 Å². The fourth-order valence-electron chi connectivity index (χ4n) is 0.0386. The van der Waals surface area contributed by atoms with Crippen molar-refractivity contribution in [3.63, 3.8) is 0 Å². The summed E-state index contributed by atoms with van der Waals surface area (Å²) in [7, 11) is 0. The Morgan fingerprint density at radius 3 is 2.50 bits per heavy atom. The molecule has 0 heterocycles. The average molecular weight is 256 g/mol. The molecule has 0 aromatic heterocycles. The van der Waals surface area contributed by atoms with Crippen molar-refractivity contribution in [2.75, 3.05) is 0 Å². The van der Waals surface area contributed by atoms with Crippen molar-refractivity contribution < 1.29 is 24.2 Å². The van der Waals surface area contributed by atoms with Gasteiger partial charge in [0.05, 0.1) is 0 Å². The summed E-state index contributed by atoms with van der Waals surface area (Å²) < 4.78 is 2.41. The minimum absolute atomic E-state index is 0.119. The van der Waals surface area contributed by atoms with E-state index in [1.54, 1.807) is 0 Å². The monoisotopic (exact) mass is 257 g/mol. The predicted molar refractivity (Wildman–Crippen MR) is 18.3 cm³/mol. The van der Waals surface area contributed by atoms with Gasteiger partial charge in [0.15, 0.2) is 0 Å². The zero-order valence-corrected chi connectivity index (χ0v) is 5.79. The third-order valence-corrected chi connectivity index (χ3v) is 0.948. The van der Waals surface area contributed by atoms with Crippen LogP contribution in [0.15, 0.2) is 12.7 Å². The molecule has 0 aromatic rings. The summed E-state index contributed by atoms with van der Waals surface area (Å²) in [4.78, 5) is 9.97. The van der Waals surface area contributed by atoms with Gasteiger partial charge in [-0.3, -0.25) is 0 Å². The van der Waals surface area contributed by atoms with Crippen molar-refractivity contribution in [3.8, 4) is 0 Å². The van der Waals surface area contributed by atoms with Crippen LogP contribution in [0.2, 0.25) is 0 Å². The van der Waals surface area contributed by atoms with Gasteiger partial charge in [0.1, 0.15) is 0 Å². The number of rotatable bonds is 1. The number of nitrogens with one attached hydrogen (secondary N) is 1. The molecule has 3 heteroatoms.